The van der Waals surface area contributed by atoms with Gasteiger partial charge in [-0.05, 0) is 52.7 Å². The fourth-order valence-electron chi connectivity index (χ4n) is 2.25. The Morgan fingerprint density at radius 1 is 1.36 bits per heavy atom. The van der Waals surface area contributed by atoms with Crippen LogP contribution in [-0.2, 0) is 0 Å². The van der Waals surface area contributed by atoms with Gasteiger partial charge in [-0.2, -0.15) is 5.10 Å². The molecule has 3 aromatic rings. The fourth-order valence-corrected chi connectivity index (χ4v) is 3.24. The second-order valence-corrected chi connectivity index (χ2v) is 6.36. The predicted molar refractivity (Wildman–Crippen MR) is 102 cm³/mol. The van der Waals surface area contributed by atoms with Crippen LogP contribution in [0.2, 0.25) is 5.02 Å². The predicted octanol–water partition coefficient (Wildman–Crippen LogP) is 5.01. The first-order chi connectivity index (χ1) is 12.1. The third kappa shape index (κ3) is 4.03. The molecule has 0 atom stereocenters. The maximum atomic E-state index is 12.1. The zero-order valence-corrected chi connectivity index (χ0v) is 15.6. The molecular weight excluding hydrogens is 408 g/mol. The topological polar surface area (TPSA) is 63.8 Å². The van der Waals surface area contributed by atoms with E-state index in [1.807, 2.05) is 25.1 Å². The first-order valence-corrected chi connectivity index (χ1v) is 8.69. The minimum Gasteiger partial charge on any atom is -0.491 e. The van der Waals surface area contributed by atoms with E-state index in [1.165, 1.54) is 6.21 Å². The van der Waals surface area contributed by atoms with Crippen LogP contribution >= 0.6 is 27.5 Å². The Balaban J connectivity index is 1.71. The molecule has 0 radical (unpaired) electrons. The van der Waals surface area contributed by atoms with Crippen LogP contribution in [0.25, 0.3) is 11.0 Å². The highest BCUT2D eigenvalue weighted by atomic mass is 79.9. The highest BCUT2D eigenvalue weighted by Gasteiger charge is 2.11. The van der Waals surface area contributed by atoms with Crippen molar-refractivity contribution in [1.82, 2.24) is 5.43 Å². The number of ether oxygens (including phenoxy) is 1. The van der Waals surface area contributed by atoms with Gasteiger partial charge >= 0.3 is 5.91 Å². The highest BCUT2D eigenvalue weighted by molar-refractivity contribution is 9.10. The van der Waals surface area contributed by atoms with E-state index in [9.17, 15) is 4.79 Å². The van der Waals surface area contributed by atoms with Crippen molar-refractivity contribution < 1.29 is 13.9 Å². The summed E-state index contributed by atoms with van der Waals surface area (Å²) in [5, 5.41) is 5.26. The molecule has 1 aromatic heterocycles. The van der Waals surface area contributed by atoms with Crippen LogP contribution in [0, 0.1) is 0 Å². The Hall–Kier alpha value is -2.31. The highest BCUT2D eigenvalue weighted by Crippen LogP contribution is 2.34. The molecule has 0 saturated heterocycles. The minimum absolute atomic E-state index is 0.198. The van der Waals surface area contributed by atoms with E-state index in [-0.39, 0.29) is 5.76 Å². The molecule has 0 fully saturated rings. The monoisotopic (exact) mass is 420 g/mol. The quantitative estimate of drug-likeness (QED) is 0.465. The van der Waals surface area contributed by atoms with Crippen molar-refractivity contribution in [2.24, 2.45) is 5.10 Å². The van der Waals surface area contributed by atoms with Crippen molar-refractivity contribution in [3.8, 4) is 5.75 Å². The summed E-state index contributed by atoms with van der Waals surface area (Å²) in [6.45, 7) is 2.39. The molecule has 0 saturated carbocycles. The molecule has 3 rings (SSSR count). The largest absolute Gasteiger partial charge is 0.491 e. The maximum absolute atomic E-state index is 12.1. The molecule has 0 aliphatic rings. The lowest BCUT2D eigenvalue weighted by molar-refractivity contribution is 0.0929. The van der Waals surface area contributed by atoms with Gasteiger partial charge in [0, 0.05) is 5.39 Å². The lowest BCUT2D eigenvalue weighted by Crippen LogP contribution is -2.16. The van der Waals surface area contributed by atoms with Crippen molar-refractivity contribution in [1.29, 1.82) is 0 Å². The normalized spacial score (nSPS) is 11.2. The molecule has 0 aliphatic carbocycles. The van der Waals surface area contributed by atoms with Crippen molar-refractivity contribution in [3.63, 3.8) is 0 Å². The minimum atomic E-state index is -0.427. The maximum Gasteiger partial charge on any atom is 0.307 e. The number of benzene rings is 2. The SMILES string of the molecule is CCOc1c(Cl)cc(/C=N/NC(=O)c2cc3ccccc3o2)cc1Br. The number of carbonyl (C=O) groups excluding carboxylic acids is 1. The van der Waals surface area contributed by atoms with E-state index in [0.29, 0.717) is 33.0 Å². The molecule has 0 spiro atoms. The third-order valence-corrected chi connectivity index (χ3v) is 4.21. The molecule has 0 unspecified atom stereocenters. The van der Waals surface area contributed by atoms with E-state index in [2.05, 4.69) is 26.5 Å². The molecule has 0 bridgehead atoms. The molecule has 25 heavy (non-hydrogen) atoms. The number of nitrogens with zero attached hydrogens (tertiary/aromatic N) is 1. The molecule has 1 N–H and O–H groups in total. The summed E-state index contributed by atoms with van der Waals surface area (Å²) >= 11 is 9.58. The smallest absolute Gasteiger partial charge is 0.307 e. The Bertz CT molecular complexity index is 896. The molecule has 5 nitrogen and oxygen atoms in total. The fraction of sp³-hybridized carbons (Fsp3) is 0.111. The number of para-hydroxylation sites is 1. The molecule has 128 valence electrons. The summed E-state index contributed by atoms with van der Waals surface area (Å²) in [5.74, 6) is 0.348. The van der Waals surface area contributed by atoms with E-state index < -0.39 is 5.91 Å². The van der Waals surface area contributed by atoms with Crippen LogP contribution in [-0.4, -0.2) is 18.7 Å². The number of amides is 1. The zero-order chi connectivity index (χ0) is 17.8. The summed E-state index contributed by atoms with van der Waals surface area (Å²) in [5.41, 5.74) is 3.80. The number of hydrogen-bond acceptors (Lipinski definition) is 4. The standard InChI is InChI=1S/C18H14BrClN2O3/c1-2-24-17-13(19)7-11(8-14(17)20)10-21-22-18(23)16-9-12-5-3-4-6-15(12)25-16/h3-10H,2H2,1H3,(H,22,23)/b21-10+. The van der Waals surface area contributed by atoms with Gasteiger partial charge in [-0.1, -0.05) is 29.8 Å². The second kappa shape index (κ2) is 7.72. The number of fused-ring (bicyclic) bond motifs is 1. The van der Waals surface area contributed by atoms with Gasteiger partial charge in [0.25, 0.3) is 0 Å². The summed E-state index contributed by atoms with van der Waals surface area (Å²) in [7, 11) is 0. The molecule has 1 amide bonds. The molecule has 7 heteroatoms. The third-order valence-electron chi connectivity index (χ3n) is 3.34. The van der Waals surface area contributed by atoms with Gasteiger partial charge in [-0.15, -0.1) is 0 Å². The van der Waals surface area contributed by atoms with Crippen molar-refractivity contribution in [2.45, 2.75) is 6.92 Å². The van der Waals surface area contributed by atoms with Gasteiger partial charge in [-0.25, -0.2) is 5.43 Å². The van der Waals surface area contributed by atoms with Gasteiger partial charge in [0.05, 0.1) is 22.3 Å². The van der Waals surface area contributed by atoms with Crippen LogP contribution < -0.4 is 10.2 Å². The summed E-state index contributed by atoms with van der Waals surface area (Å²) in [4.78, 5) is 12.1. The number of hydrazone groups is 1. The Morgan fingerprint density at radius 3 is 2.88 bits per heavy atom. The molecule has 1 heterocycles. The Kier molecular flexibility index (Phi) is 5.40. The van der Waals surface area contributed by atoms with Gasteiger partial charge < -0.3 is 9.15 Å². The first-order valence-electron chi connectivity index (χ1n) is 7.52. The van der Waals surface area contributed by atoms with E-state index >= 15 is 0 Å². The number of hydrogen-bond donors (Lipinski definition) is 1. The van der Waals surface area contributed by atoms with Gasteiger partial charge in [0.1, 0.15) is 5.58 Å². The lowest BCUT2D eigenvalue weighted by atomic mass is 10.2. The van der Waals surface area contributed by atoms with Crippen molar-refractivity contribution in [3.05, 3.63) is 63.3 Å². The molecular formula is C18H14BrClN2O3. The number of halogens is 2. The van der Waals surface area contributed by atoms with E-state index in [0.717, 1.165) is 5.39 Å². The summed E-state index contributed by atoms with van der Waals surface area (Å²) < 4.78 is 11.6. The average Bonchev–Trinajstić information content (AvgIpc) is 3.02. The molecule has 2 aromatic carbocycles. The average molecular weight is 422 g/mol. The Morgan fingerprint density at radius 2 is 2.16 bits per heavy atom. The first kappa shape index (κ1) is 17.5. The number of furan rings is 1. The Labute approximate surface area is 157 Å². The van der Waals surface area contributed by atoms with Crippen LogP contribution in [0.4, 0.5) is 0 Å². The number of carbonyl (C=O) groups is 1. The number of rotatable bonds is 5. The van der Waals surface area contributed by atoms with Crippen LogP contribution in [0.3, 0.4) is 0 Å². The van der Waals surface area contributed by atoms with Gasteiger partial charge in [0.2, 0.25) is 0 Å². The van der Waals surface area contributed by atoms with E-state index in [4.69, 9.17) is 20.8 Å². The van der Waals surface area contributed by atoms with E-state index in [1.54, 1.807) is 24.3 Å². The van der Waals surface area contributed by atoms with Crippen LogP contribution in [0.1, 0.15) is 23.0 Å². The van der Waals surface area contributed by atoms with Gasteiger partial charge in [0.15, 0.2) is 11.5 Å². The van der Waals surface area contributed by atoms with Crippen LogP contribution in [0.5, 0.6) is 5.75 Å². The van der Waals surface area contributed by atoms with Crippen molar-refractivity contribution in [2.75, 3.05) is 6.61 Å². The molecule has 0 aliphatic heterocycles. The lowest BCUT2D eigenvalue weighted by Gasteiger charge is -2.08. The van der Waals surface area contributed by atoms with Gasteiger partial charge in [-0.3, -0.25) is 4.79 Å². The number of nitrogens with one attached hydrogen (secondary N) is 1. The second-order valence-electron chi connectivity index (χ2n) is 5.09. The van der Waals surface area contributed by atoms with Crippen LogP contribution in [0.15, 0.2) is 56.5 Å². The zero-order valence-electron chi connectivity index (χ0n) is 13.3. The summed E-state index contributed by atoms with van der Waals surface area (Å²) in [6.07, 6.45) is 1.49. The van der Waals surface area contributed by atoms with Crippen molar-refractivity contribution >= 4 is 50.6 Å². The summed E-state index contributed by atoms with van der Waals surface area (Å²) in [6, 6.07) is 12.6.